The highest BCUT2D eigenvalue weighted by atomic mass is 16.6. The standard InChI is InChI=1S/C17H24O2/c1-4-13-7-5-6-8-14(13)12-18-15-11-16(2)9-10-17(15,3)19-16/h5-8,15H,4,9-12H2,1-3H3/t15-,16-,17+/m1/s1. The van der Waals surface area contributed by atoms with Crippen molar-refractivity contribution in [2.24, 2.45) is 0 Å². The summed E-state index contributed by atoms with van der Waals surface area (Å²) in [5, 5.41) is 0. The first-order valence-corrected chi connectivity index (χ1v) is 7.43. The molecule has 0 aliphatic carbocycles. The minimum absolute atomic E-state index is 0.0592. The lowest BCUT2D eigenvalue weighted by Gasteiger charge is -2.29. The topological polar surface area (TPSA) is 18.5 Å². The lowest BCUT2D eigenvalue weighted by Crippen LogP contribution is -2.37. The Morgan fingerprint density at radius 3 is 2.53 bits per heavy atom. The van der Waals surface area contributed by atoms with Gasteiger partial charge in [0.2, 0.25) is 0 Å². The number of rotatable bonds is 4. The SMILES string of the molecule is CCc1ccccc1CO[C@@H]1C[C@@]2(C)CC[C@]1(C)O2. The lowest BCUT2D eigenvalue weighted by molar-refractivity contribution is -0.0827. The van der Waals surface area contributed by atoms with Gasteiger partial charge >= 0.3 is 0 Å². The van der Waals surface area contributed by atoms with Crippen LogP contribution in [0.25, 0.3) is 0 Å². The molecule has 2 aliphatic heterocycles. The van der Waals surface area contributed by atoms with E-state index in [1.165, 1.54) is 17.5 Å². The third kappa shape index (κ3) is 2.32. The molecule has 1 aromatic rings. The molecule has 2 heteroatoms. The molecule has 2 saturated heterocycles. The van der Waals surface area contributed by atoms with Gasteiger partial charge in [0.1, 0.15) is 0 Å². The van der Waals surface area contributed by atoms with Gasteiger partial charge in [-0.25, -0.2) is 0 Å². The van der Waals surface area contributed by atoms with E-state index in [0.717, 1.165) is 19.3 Å². The Bertz CT molecular complexity index is 470. The minimum atomic E-state index is -0.0596. The maximum Gasteiger partial charge on any atom is 0.0924 e. The van der Waals surface area contributed by atoms with Gasteiger partial charge in [-0.2, -0.15) is 0 Å². The van der Waals surface area contributed by atoms with Crippen molar-refractivity contribution in [3.8, 4) is 0 Å². The Balaban J connectivity index is 1.67. The van der Waals surface area contributed by atoms with Gasteiger partial charge in [-0.05, 0) is 44.2 Å². The normalized spacial score (nSPS) is 36.9. The van der Waals surface area contributed by atoms with Crippen molar-refractivity contribution < 1.29 is 9.47 Å². The van der Waals surface area contributed by atoms with Crippen molar-refractivity contribution in [2.75, 3.05) is 0 Å². The third-order valence-corrected chi connectivity index (χ3v) is 4.87. The summed E-state index contributed by atoms with van der Waals surface area (Å²) in [4.78, 5) is 0. The highest BCUT2D eigenvalue weighted by Crippen LogP contribution is 2.51. The van der Waals surface area contributed by atoms with Crippen LogP contribution < -0.4 is 0 Å². The van der Waals surface area contributed by atoms with Gasteiger partial charge in [-0.15, -0.1) is 0 Å². The zero-order valence-corrected chi connectivity index (χ0v) is 12.2. The van der Waals surface area contributed by atoms with Crippen LogP contribution in [0.15, 0.2) is 24.3 Å². The lowest BCUT2D eigenvalue weighted by atomic mass is 9.81. The van der Waals surface area contributed by atoms with Crippen LogP contribution in [0.3, 0.4) is 0 Å². The zero-order valence-electron chi connectivity index (χ0n) is 12.2. The molecule has 2 fully saturated rings. The number of benzene rings is 1. The van der Waals surface area contributed by atoms with Crippen molar-refractivity contribution in [1.29, 1.82) is 0 Å². The summed E-state index contributed by atoms with van der Waals surface area (Å²) < 4.78 is 12.4. The summed E-state index contributed by atoms with van der Waals surface area (Å²) in [7, 11) is 0. The first kappa shape index (κ1) is 13.1. The Morgan fingerprint density at radius 1 is 1.21 bits per heavy atom. The number of hydrogen-bond acceptors (Lipinski definition) is 2. The Hall–Kier alpha value is -0.860. The average molecular weight is 260 g/mol. The van der Waals surface area contributed by atoms with Gasteiger partial charge in [0, 0.05) is 6.42 Å². The van der Waals surface area contributed by atoms with E-state index in [2.05, 4.69) is 45.0 Å². The second-order valence-electron chi connectivity index (χ2n) is 6.49. The van der Waals surface area contributed by atoms with Crippen molar-refractivity contribution >= 4 is 0 Å². The van der Waals surface area contributed by atoms with Crippen LogP contribution in [0.5, 0.6) is 0 Å². The van der Waals surface area contributed by atoms with E-state index in [-0.39, 0.29) is 17.3 Å². The van der Waals surface area contributed by atoms with Crippen molar-refractivity contribution in [3.05, 3.63) is 35.4 Å². The molecule has 3 rings (SSSR count). The van der Waals surface area contributed by atoms with Crippen LogP contribution in [0, 0.1) is 0 Å². The summed E-state index contributed by atoms with van der Waals surface area (Å²) in [6.45, 7) is 7.34. The summed E-state index contributed by atoms with van der Waals surface area (Å²) in [6, 6.07) is 8.57. The predicted molar refractivity (Wildman–Crippen MR) is 76.1 cm³/mol. The van der Waals surface area contributed by atoms with E-state index in [0.29, 0.717) is 6.61 Å². The largest absolute Gasteiger partial charge is 0.370 e. The maximum absolute atomic E-state index is 6.21. The quantitative estimate of drug-likeness (QED) is 0.818. The highest BCUT2D eigenvalue weighted by Gasteiger charge is 2.57. The van der Waals surface area contributed by atoms with Gasteiger partial charge in [0.25, 0.3) is 0 Å². The molecule has 0 amide bonds. The van der Waals surface area contributed by atoms with E-state index >= 15 is 0 Å². The Labute approximate surface area is 116 Å². The highest BCUT2D eigenvalue weighted by molar-refractivity contribution is 5.26. The number of hydrogen-bond donors (Lipinski definition) is 0. The second-order valence-corrected chi connectivity index (χ2v) is 6.49. The van der Waals surface area contributed by atoms with Crippen LogP contribution in [0.1, 0.15) is 51.2 Å². The monoisotopic (exact) mass is 260 g/mol. The summed E-state index contributed by atoms with van der Waals surface area (Å²) in [5.74, 6) is 0. The van der Waals surface area contributed by atoms with Crippen LogP contribution in [0.2, 0.25) is 0 Å². The molecule has 0 aromatic heterocycles. The van der Waals surface area contributed by atoms with Crippen molar-refractivity contribution in [2.45, 2.75) is 70.4 Å². The molecule has 19 heavy (non-hydrogen) atoms. The molecular weight excluding hydrogens is 236 g/mol. The molecule has 0 N–H and O–H groups in total. The number of fused-ring (bicyclic) bond motifs is 2. The molecule has 3 atom stereocenters. The smallest absolute Gasteiger partial charge is 0.0924 e. The summed E-state index contributed by atoms with van der Waals surface area (Å²) in [6.07, 6.45) is 4.66. The zero-order chi connectivity index (χ0) is 13.5. The maximum atomic E-state index is 6.21. The molecule has 0 radical (unpaired) electrons. The third-order valence-electron chi connectivity index (χ3n) is 4.87. The fourth-order valence-electron chi connectivity index (χ4n) is 3.62. The first-order valence-electron chi connectivity index (χ1n) is 7.43. The van der Waals surface area contributed by atoms with E-state index in [4.69, 9.17) is 9.47 Å². The van der Waals surface area contributed by atoms with Gasteiger partial charge in [0.15, 0.2) is 0 Å². The fraction of sp³-hybridized carbons (Fsp3) is 0.647. The number of ether oxygens (including phenoxy) is 2. The van der Waals surface area contributed by atoms with Crippen LogP contribution in [-0.2, 0) is 22.5 Å². The predicted octanol–water partition coefficient (Wildman–Crippen LogP) is 3.87. The van der Waals surface area contributed by atoms with E-state index < -0.39 is 0 Å². The van der Waals surface area contributed by atoms with Gasteiger partial charge < -0.3 is 9.47 Å². The Morgan fingerprint density at radius 2 is 1.95 bits per heavy atom. The first-order chi connectivity index (χ1) is 9.05. The average Bonchev–Trinajstić information content (AvgIpc) is 2.85. The van der Waals surface area contributed by atoms with Gasteiger partial charge in [-0.1, -0.05) is 31.2 Å². The molecule has 0 spiro atoms. The molecule has 0 saturated carbocycles. The Kier molecular flexibility index (Phi) is 3.18. The summed E-state index contributed by atoms with van der Waals surface area (Å²) >= 11 is 0. The second kappa shape index (κ2) is 4.60. The molecule has 0 unspecified atom stereocenters. The van der Waals surface area contributed by atoms with E-state index in [1.807, 2.05) is 0 Å². The van der Waals surface area contributed by atoms with Gasteiger partial charge in [0.05, 0.1) is 23.9 Å². The molecule has 104 valence electrons. The van der Waals surface area contributed by atoms with Crippen LogP contribution >= 0.6 is 0 Å². The van der Waals surface area contributed by atoms with E-state index in [9.17, 15) is 0 Å². The molecule has 2 nitrogen and oxygen atoms in total. The van der Waals surface area contributed by atoms with Crippen LogP contribution in [0.4, 0.5) is 0 Å². The molecule has 2 heterocycles. The minimum Gasteiger partial charge on any atom is -0.370 e. The van der Waals surface area contributed by atoms with Crippen LogP contribution in [-0.4, -0.2) is 17.3 Å². The summed E-state index contributed by atoms with van der Waals surface area (Å²) in [5.41, 5.74) is 2.71. The van der Waals surface area contributed by atoms with E-state index in [1.54, 1.807) is 0 Å². The van der Waals surface area contributed by atoms with Crippen molar-refractivity contribution in [1.82, 2.24) is 0 Å². The molecule has 2 bridgehead atoms. The van der Waals surface area contributed by atoms with Gasteiger partial charge in [-0.3, -0.25) is 0 Å². The van der Waals surface area contributed by atoms with Crippen molar-refractivity contribution in [3.63, 3.8) is 0 Å². The molecule has 2 aliphatic rings. The molecule has 1 aromatic carbocycles. The fourth-order valence-corrected chi connectivity index (χ4v) is 3.62. The molecular formula is C17H24O2. The number of aryl methyl sites for hydroxylation is 1.